The van der Waals surface area contributed by atoms with Crippen LogP contribution in [0.2, 0.25) is 0 Å². The fraction of sp³-hybridized carbons (Fsp3) is 0.333. The van der Waals surface area contributed by atoms with Crippen LogP contribution in [0.3, 0.4) is 0 Å². The lowest BCUT2D eigenvalue weighted by Gasteiger charge is -2.18. The average molecular weight is 300 g/mol. The third-order valence-electron chi connectivity index (χ3n) is 3.78. The number of hydrogen-bond donors (Lipinski definition) is 4. The minimum Gasteiger partial charge on any atom is -0.353 e. The fourth-order valence-electron chi connectivity index (χ4n) is 2.54. The first-order valence-electron chi connectivity index (χ1n) is 7.33. The molecule has 1 saturated heterocycles. The SMILES string of the molecule is Cc1ccnn1CCNC(=O)C1NNNC1c1ccccc1. The van der Waals surface area contributed by atoms with E-state index in [2.05, 4.69) is 26.8 Å². The van der Waals surface area contributed by atoms with E-state index in [1.165, 1.54) is 0 Å². The van der Waals surface area contributed by atoms with Crippen molar-refractivity contribution in [2.45, 2.75) is 25.6 Å². The molecule has 116 valence electrons. The Morgan fingerprint density at radius 3 is 2.82 bits per heavy atom. The Bertz CT molecular complexity index is 626. The minimum atomic E-state index is -0.360. The van der Waals surface area contributed by atoms with Crippen LogP contribution in [0.15, 0.2) is 42.6 Å². The molecule has 1 fully saturated rings. The predicted octanol–water partition coefficient (Wildman–Crippen LogP) is 0.0300. The summed E-state index contributed by atoms with van der Waals surface area (Å²) < 4.78 is 1.87. The van der Waals surface area contributed by atoms with E-state index in [4.69, 9.17) is 0 Å². The van der Waals surface area contributed by atoms with E-state index >= 15 is 0 Å². The van der Waals surface area contributed by atoms with Crippen LogP contribution in [0, 0.1) is 6.92 Å². The van der Waals surface area contributed by atoms with Crippen molar-refractivity contribution in [2.24, 2.45) is 0 Å². The van der Waals surface area contributed by atoms with E-state index < -0.39 is 0 Å². The van der Waals surface area contributed by atoms with Gasteiger partial charge in [0.2, 0.25) is 5.91 Å². The number of aromatic nitrogens is 2. The Labute approximate surface area is 129 Å². The highest BCUT2D eigenvalue weighted by atomic mass is 16.2. The van der Waals surface area contributed by atoms with E-state index in [0.29, 0.717) is 13.1 Å². The van der Waals surface area contributed by atoms with Crippen molar-refractivity contribution in [2.75, 3.05) is 6.54 Å². The number of nitrogens with one attached hydrogen (secondary N) is 4. The highest BCUT2D eigenvalue weighted by Gasteiger charge is 2.33. The molecule has 1 amide bonds. The Kier molecular flexibility index (Phi) is 4.47. The van der Waals surface area contributed by atoms with Crippen LogP contribution >= 0.6 is 0 Å². The molecule has 1 aromatic heterocycles. The summed E-state index contributed by atoms with van der Waals surface area (Å²) in [7, 11) is 0. The van der Waals surface area contributed by atoms with Gasteiger partial charge in [0.15, 0.2) is 0 Å². The fourth-order valence-corrected chi connectivity index (χ4v) is 2.54. The summed E-state index contributed by atoms with van der Waals surface area (Å²) in [4.78, 5) is 12.4. The molecule has 0 saturated carbocycles. The summed E-state index contributed by atoms with van der Waals surface area (Å²) >= 11 is 0. The Balaban J connectivity index is 1.56. The van der Waals surface area contributed by atoms with Gasteiger partial charge < -0.3 is 5.32 Å². The highest BCUT2D eigenvalue weighted by Crippen LogP contribution is 2.18. The second-order valence-electron chi connectivity index (χ2n) is 5.27. The largest absolute Gasteiger partial charge is 0.353 e. The number of aryl methyl sites for hydroxylation is 1. The van der Waals surface area contributed by atoms with Crippen molar-refractivity contribution in [3.63, 3.8) is 0 Å². The van der Waals surface area contributed by atoms with Crippen LogP contribution in [0.25, 0.3) is 0 Å². The smallest absolute Gasteiger partial charge is 0.240 e. The Morgan fingerprint density at radius 1 is 1.27 bits per heavy atom. The molecule has 7 heteroatoms. The van der Waals surface area contributed by atoms with Crippen LogP contribution in [0.4, 0.5) is 0 Å². The standard InChI is InChI=1S/C15H20N6O/c1-11-7-8-17-21(11)10-9-16-15(22)14-13(18-20-19-14)12-5-3-2-4-6-12/h2-8,13-14,18-20H,9-10H2,1H3,(H,16,22). The second-order valence-corrected chi connectivity index (χ2v) is 5.27. The van der Waals surface area contributed by atoms with Crippen molar-refractivity contribution >= 4 is 5.91 Å². The van der Waals surface area contributed by atoms with E-state index in [9.17, 15) is 4.79 Å². The normalized spacial score (nSPS) is 21.0. The molecule has 0 bridgehead atoms. The molecule has 7 nitrogen and oxygen atoms in total. The lowest BCUT2D eigenvalue weighted by atomic mass is 10.0. The number of amides is 1. The zero-order chi connectivity index (χ0) is 15.4. The van der Waals surface area contributed by atoms with Crippen molar-refractivity contribution in [1.82, 2.24) is 31.5 Å². The van der Waals surface area contributed by atoms with Gasteiger partial charge in [-0.05, 0) is 18.6 Å². The third kappa shape index (κ3) is 3.16. The van der Waals surface area contributed by atoms with Gasteiger partial charge in [-0.1, -0.05) is 30.3 Å². The molecule has 4 N–H and O–H groups in total. The molecule has 3 rings (SSSR count). The molecule has 2 atom stereocenters. The number of benzene rings is 1. The molecule has 0 spiro atoms. The van der Waals surface area contributed by atoms with E-state index in [0.717, 1.165) is 11.3 Å². The monoisotopic (exact) mass is 300 g/mol. The number of hydrazine groups is 2. The lowest BCUT2D eigenvalue weighted by Crippen LogP contribution is -2.45. The van der Waals surface area contributed by atoms with Crippen LogP contribution < -0.4 is 21.7 Å². The molecular formula is C15H20N6O. The molecule has 22 heavy (non-hydrogen) atoms. The van der Waals surface area contributed by atoms with Crippen LogP contribution in [-0.4, -0.2) is 28.3 Å². The van der Waals surface area contributed by atoms with E-state index in [1.807, 2.05) is 48.0 Å². The summed E-state index contributed by atoms with van der Waals surface area (Å²) in [5.41, 5.74) is 11.0. The first-order chi connectivity index (χ1) is 10.8. The quantitative estimate of drug-likeness (QED) is 0.626. The summed E-state index contributed by atoms with van der Waals surface area (Å²) in [6.45, 7) is 3.20. The summed E-state index contributed by atoms with van der Waals surface area (Å²) in [6, 6.07) is 11.4. The summed E-state index contributed by atoms with van der Waals surface area (Å²) in [5.74, 6) is -0.0452. The average Bonchev–Trinajstić information content (AvgIpc) is 3.17. The van der Waals surface area contributed by atoms with Gasteiger partial charge in [0.05, 0.1) is 12.6 Å². The van der Waals surface area contributed by atoms with Gasteiger partial charge in [0, 0.05) is 18.4 Å². The van der Waals surface area contributed by atoms with Gasteiger partial charge in [-0.25, -0.2) is 10.9 Å². The van der Waals surface area contributed by atoms with Gasteiger partial charge in [-0.2, -0.15) is 10.6 Å². The molecule has 1 aliphatic heterocycles. The Morgan fingerprint density at radius 2 is 2.09 bits per heavy atom. The van der Waals surface area contributed by atoms with Gasteiger partial charge >= 0.3 is 0 Å². The van der Waals surface area contributed by atoms with Crippen molar-refractivity contribution in [1.29, 1.82) is 0 Å². The maximum absolute atomic E-state index is 12.4. The van der Waals surface area contributed by atoms with Gasteiger partial charge in [-0.3, -0.25) is 9.48 Å². The molecule has 2 unspecified atom stereocenters. The number of hydrogen-bond acceptors (Lipinski definition) is 5. The maximum Gasteiger partial charge on any atom is 0.240 e. The number of nitrogens with zero attached hydrogens (tertiary/aromatic N) is 2. The zero-order valence-electron chi connectivity index (χ0n) is 12.4. The van der Waals surface area contributed by atoms with Crippen LogP contribution in [0.1, 0.15) is 17.3 Å². The lowest BCUT2D eigenvalue weighted by molar-refractivity contribution is -0.123. The van der Waals surface area contributed by atoms with Gasteiger partial charge in [0.1, 0.15) is 6.04 Å². The van der Waals surface area contributed by atoms with Crippen LogP contribution in [0.5, 0.6) is 0 Å². The minimum absolute atomic E-state index is 0.0452. The van der Waals surface area contributed by atoms with E-state index in [1.54, 1.807) is 6.20 Å². The molecule has 1 aliphatic rings. The molecule has 0 radical (unpaired) electrons. The summed E-state index contributed by atoms with van der Waals surface area (Å²) in [5, 5.41) is 7.15. The molecule has 2 heterocycles. The first kappa shape index (κ1) is 14.7. The molecular weight excluding hydrogens is 280 g/mol. The van der Waals surface area contributed by atoms with Gasteiger partial charge in [0.25, 0.3) is 0 Å². The van der Waals surface area contributed by atoms with E-state index in [-0.39, 0.29) is 18.0 Å². The first-order valence-corrected chi connectivity index (χ1v) is 7.33. The van der Waals surface area contributed by atoms with Gasteiger partial charge in [-0.15, -0.1) is 0 Å². The number of carbonyl (C=O) groups excluding carboxylic acids is 1. The zero-order valence-corrected chi connectivity index (χ0v) is 12.4. The molecule has 1 aromatic carbocycles. The van der Waals surface area contributed by atoms with Crippen molar-refractivity contribution in [3.05, 3.63) is 53.9 Å². The highest BCUT2D eigenvalue weighted by molar-refractivity contribution is 5.83. The molecule has 2 aromatic rings. The maximum atomic E-state index is 12.4. The topological polar surface area (TPSA) is 83.0 Å². The third-order valence-corrected chi connectivity index (χ3v) is 3.78. The van der Waals surface area contributed by atoms with Crippen molar-refractivity contribution in [3.8, 4) is 0 Å². The number of carbonyl (C=O) groups is 1. The van der Waals surface area contributed by atoms with Crippen LogP contribution in [-0.2, 0) is 11.3 Å². The Hall–Kier alpha value is -2.22. The summed E-state index contributed by atoms with van der Waals surface area (Å²) in [6.07, 6.45) is 1.76. The number of rotatable bonds is 5. The molecule has 0 aliphatic carbocycles. The van der Waals surface area contributed by atoms with Crippen molar-refractivity contribution < 1.29 is 4.79 Å². The second kappa shape index (κ2) is 6.69. The predicted molar refractivity (Wildman–Crippen MR) is 82.4 cm³/mol.